The van der Waals surface area contributed by atoms with Gasteiger partial charge in [0.25, 0.3) is 0 Å². The first-order chi connectivity index (χ1) is 10.1. The molecule has 0 amide bonds. The van der Waals surface area contributed by atoms with Crippen molar-refractivity contribution in [2.45, 2.75) is 0 Å². The Labute approximate surface area is 139 Å². The first kappa shape index (κ1) is 14.3. The normalized spacial score (nSPS) is 10.8. The van der Waals surface area contributed by atoms with Crippen LogP contribution in [-0.4, -0.2) is 5.16 Å². The molecule has 2 aromatic carbocycles. The van der Waals surface area contributed by atoms with E-state index < -0.39 is 5.82 Å². The Balaban J connectivity index is 2.25. The second kappa shape index (κ2) is 5.65. The lowest BCUT2D eigenvalue weighted by molar-refractivity contribution is 0.439. The van der Waals surface area contributed by atoms with E-state index in [9.17, 15) is 4.39 Å². The summed E-state index contributed by atoms with van der Waals surface area (Å²) in [5.41, 5.74) is 7.81. The number of nitrogens with zero attached hydrogens (tertiary/aromatic N) is 1. The van der Waals surface area contributed by atoms with Crippen molar-refractivity contribution in [2.24, 2.45) is 0 Å². The van der Waals surface area contributed by atoms with E-state index in [1.54, 1.807) is 12.1 Å². The molecule has 2 N–H and O–H groups in total. The molecule has 0 spiro atoms. The van der Waals surface area contributed by atoms with Crippen molar-refractivity contribution >= 4 is 40.1 Å². The van der Waals surface area contributed by atoms with E-state index in [0.29, 0.717) is 11.3 Å². The van der Waals surface area contributed by atoms with Crippen LogP contribution in [0.15, 0.2) is 47.0 Å². The molecule has 0 saturated carbocycles. The third-order valence-corrected chi connectivity index (χ3v) is 4.00. The minimum absolute atomic E-state index is 0.0293. The molecule has 1 heterocycles. The van der Waals surface area contributed by atoms with E-state index in [0.717, 1.165) is 9.13 Å². The molecular weight excluding hydrogens is 406 g/mol. The molecule has 0 aliphatic rings. The summed E-state index contributed by atoms with van der Waals surface area (Å²) in [6, 6.07) is 12.4. The highest BCUT2D eigenvalue weighted by Gasteiger charge is 2.21. The van der Waals surface area contributed by atoms with E-state index in [2.05, 4.69) is 27.7 Å². The van der Waals surface area contributed by atoms with Crippen LogP contribution in [0.25, 0.3) is 22.4 Å². The van der Waals surface area contributed by atoms with E-state index in [4.69, 9.17) is 21.9 Å². The van der Waals surface area contributed by atoms with Gasteiger partial charge in [0.05, 0.1) is 10.6 Å². The highest BCUT2D eigenvalue weighted by Crippen LogP contribution is 2.39. The number of hydrogen-bond acceptors (Lipinski definition) is 3. The summed E-state index contributed by atoms with van der Waals surface area (Å²) >= 11 is 8.03. The number of benzene rings is 2. The number of halogens is 3. The van der Waals surface area contributed by atoms with Crippen LogP contribution < -0.4 is 5.73 Å². The van der Waals surface area contributed by atoms with E-state index in [1.165, 1.54) is 6.07 Å². The Morgan fingerprint density at radius 3 is 2.71 bits per heavy atom. The van der Waals surface area contributed by atoms with Crippen LogP contribution >= 0.6 is 34.2 Å². The summed E-state index contributed by atoms with van der Waals surface area (Å²) in [5.74, 6) is -0.481. The van der Waals surface area contributed by atoms with Crippen LogP contribution in [0.4, 0.5) is 10.3 Å². The van der Waals surface area contributed by atoms with Crippen LogP contribution in [0, 0.1) is 9.39 Å². The number of nitrogen functional groups attached to an aromatic ring is 1. The van der Waals surface area contributed by atoms with Gasteiger partial charge < -0.3 is 10.3 Å². The maximum Gasteiger partial charge on any atom is 0.230 e. The van der Waals surface area contributed by atoms with Gasteiger partial charge in [0.15, 0.2) is 0 Å². The second-order valence-electron chi connectivity index (χ2n) is 4.38. The van der Waals surface area contributed by atoms with Crippen molar-refractivity contribution in [2.75, 3.05) is 5.73 Å². The molecule has 21 heavy (non-hydrogen) atoms. The fourth-order valence-corrected chi connectivity index (χ4v) is 2.81. The van der Waals surface area contributed by atoms with Crippen LogP contribution in [0.3, 0.4) is 0 Å². The Morgan fingerprint density at radius 2 is 1.95 bits per heavy atom. The monoisotopic (exact) mass is 414 g/mol. The molecule has 3 aromatic rings. The molecule has 0 fully saturated rings. The van der Waals surface area contributed by atoms with Gasteiger partial charge in [0.2, 0.25) is 5.88 Å². The lowest BCUT2D eigenvalue weighted by Gasteiger charge is -2.05. The van der Waals surface area contributed by atoms with Crippen LogP contribution in [-0.2, 0) is 0 Å². The minimum atomic E-state index is -0.541. The van der Waals surface area contributed by atoms with Gasteiger partial charge in [-0.15, -0.1) is 0 Å². The molecule has 1 aromatic heterocycles. The highest BCUT2D eigenvalue weighted by molar-refractivity contribution is 14.1. The van der Waals surface area contributed by atoms with Crippen LogP contribution in [0.1, 0.15) is 0 Å². The lowest BCUT2D eigenvalue weighted by atomic mass is 10.0. The Kier molecular flexibility index (Phi) is 3.86. The molecule has 6 heteroatoms. The fourth-order valence-electron chi connectivity index (χ4n) is 2.09. The van der Waals surface area contributed by atoms with Gasteiger partial charge >= 0.3 is 0 Å². The standard InChI is InChI=1S/C15H9ClFIN2O/c16-11-6-2-5-10(13(11)17)12-14(20-21-15(12)19)8-3-1-4-9(18)7-8/h1-7H,19H2. The lowest BCUT2D eigenvalue weighted by Crippen LogP contribution is -1.91. The van der Waals surface area contributed by atoms with Crippen molar-refractivity contribution in [3.8, 4) is 22.4 Å². The van der Waals surface area contributed by atoms with Crippen molar-refractivity contribution in [1.82, 2.24) is 5.16 Å². The van der Waals surface area contributed by atoms with Gasteiger partial charge in [0, 0.05) is 14.7 Å². The zero-order valence-electron chi connectivity index (χ0n) is 10.6. The summed E-state index contributed by atoms with van der Waals surface area (Å²) in [7, 11) is 0. The fraction of sp³-hybridized carbons (Fsp3) is 0. The van der Waals surface area contributed by atoms with E-state index in [-0.39, 0.29) is 16.5 Å². The number of hydrogen-bond donors (Lipinski definition) is 1. The highest BCUT2D eigenvalue weighted by atomic mass is 127. The summed E-state index contributed by atoms with van der Waals surface area (Å²) < 4.78 is 20.3. The first-order valence-corrected chi connectivity index (χ1v) is 7.49. The number of anilines is 1. The van der Waals surface area contributed by atoms with Crippen molar-refractivity contribution in [3.05, 3.63) is 56.9 Å². The van der Waals surface area contributed by atoms with Crippen LogP contribution in [0.2, 0.25) is 5.02 Å². The average Bonchev–Trinajstić information content (AvgIpc) is 2.84. The minimum Gasteiger partial charge on any atom is -0.367 e. The predicted molar refractivity (Wildman–Crippen MR) is 89.5 cm³/mol. The average molecular weight is 415 g/mol. The summed E-state index contributed by atoms with van der Waals surface area (Å²) in [4.78, 5) is 0. The molecule has 106 valence electrons. The largest absolute Gasteiger partial charge is 0.367 e. The predicted octanol–water partition coefficient (Wildman–Crippen LogP) is 4.99. The molecule has 0 saturated heterocycles. The topological polar surface area (TPSA) is 52.0 Å². The first-order valence-electron chi connectivity index (χ1n) is 6.03. The number of nitrogens with two attached hydrogens (primary N) is 1. The van der Waals surface area contributed by atoms with E-state index >= 15 is 0 Å². The maximum atomic E-state index is 14.3. The molecule has 0 aliphatic heterocycles. The smallest absolute Gasteiger partial charge is 0.230 e. The molecule has 0 unspecified atom stereocenters. The zero-order chi connectivity index (χ0) is 15.0. The Bertz CT molecular complexity index is 819. The van der Waals surface area contributed by atoms with Crippen molar-refractivity contribution < 1.29 is 8.91 Å². The van der Waals surface area contributed by atoms with Crippen molar-refractivity contribution in [1.29, 1.82) is 0 Å². The molecule has 3 rings (SSSR count). The SMILES string of the molecule is Nc1onc(-c2cccc(I)c2)c1-c1cccc(Cl)c1F. The van der Waals surface area contributed by atoms with Gasteiger partial charge in [-0.25, -0.2) is 4.39 Å². The van der Waals surface area contributed by atoms with Gasteiger partial charge in [-0.1, -0.05) is 41.0 Å². The van der Waals surface area contributed by atoms with E-state index in [1.807, 2.05) is 24.3 Å². The molecule has 3 nitrogen and oxygen atoms in total. The maximum absolute atomic E-state index is 14.3. The van der Waals surface area contributed by atoms with Crippen molar-refractivity contribution in [3.63, 3.8) is 0 Å². The van der Waals surface area contributed by atoms with Crippen LogP contribution in [0.5, 0.6) is 0 Å². The molecular formula is C15H9ClFIN2O. The summed E-state index contributed by atoms with van der Waals surface area (Å²) in [5, 5.41) is 3.99. The van der Waals surface area contributed by atoms with Gasteiger partial charge in [0.1, 0.15) is 11.5 Å². The van der Waals surface area contributed by atoms with Gasteiger partial charge in [-0.3, -0.25) is 0 Å². The Hall–Kier alpha value is -1.60. The third kappa shape index (κ3) is 2.63. The summed E-state index contributed by atoms with van der Waals surface area (Å²) in [6.45, 7) is 0. The molecule has 0 aliphatic carbocycles. The number of rotatable bonds is 2. The molecule has 0 radical (unpaired) electrons. The summed E-state index contributed by atoms with van der Waals surface area (Å²) in [6.07, 6.45) is 0. The molecule has 0 atom stereocenters. The van der Waals surface area contributed by atoms with Gasteiger partial charge in [-0.05, 0) is 40.8 Å². The number of aromatic nitrogens is 1. The third-order valence-electron chi connectivity index (χ3n) is 3.04. The van der Waals surface area contributed by atoms with Gasteiger partial charge in [-0.2, -0.15) is 0 Å². The quantitative estimate of drug-likeness (QED) is 0.601. The molecule has 0 bridgehead atoms. The zero-order valence-corrected chi connectivity index (χ0v) is 13.5. The Morgan fingerprint density at radius 1 is 1.19 bits per heavy atom. The second-order valence-corrected chi connectivity index (χ2v) is 6.03.